The van der Waals surface area contributed by atoms with E-state index in [1.54, 1.807) is 7.05 Å². The molecule has 1 aromatic rings. The smallest absolute Gasteiger partial charge is 0.251 e. The number of benzene rings is 1. The molecule has 0 spiro atoms. The van der Waals surface area contributed by atoms with Gasteiger partial charge in [0.15, 0.2) is 0 Å². The molecule has 0 radical (unpaired) electrons. The largest absolute Gasteiger partial charge is 0.385 e. The van der Waals surface area contributed by atoms with Crippen molar-refractivity contribution in [3.8, 4) is 0 Å². The van der Waals surface area contributed by atoms with Gasteiger partial charge in [0.25, 0.3) is 5.91 Å². The minimum Gasteiger partial charge on any atom is -0.385 e. The van der Waals surface area contributed by atoms with E-state index in [1.165, 1.54) is 38.5 Å². The molecular formula is C16H24N2O. The number of anilines is 1. The molecule has 0 aromatic heterocycles. The third-order valence-corrected chi connectivity index (χ3v) is 3.92. The van der Waals surface area contributed by atoms with Crippen LogP contribution in [0.1, 0.15) is 48.9 Å². The standard InChI is InChI=1S/C16H24N2O/c1-17-16(19)14-9-6-10-15(11-14)18-12-13-7-4-2-3-5-8-13/h6,9-11,13,18H,2-5,7-8,12H2,1H3,(H,17,19). The maximum Gasteiger partial charge on any atom is 0.251 e. The van der Waals surface area contributed by atoms with Crippen LogP contribution in [0.4, 0.5) is 5.69 Å². The van der Waals surface area contributed by atoms with Crippen molar-refractivity contribution in [1.82, 2.24) is 5.32 Å². The predicted octanol–water partition coefficient (Wildman–Crippen LogP) is 3.43. The number of hydrogen-bond acceptors (Lipinski definition) is 2. The van der Waals surface area contributed by atoms with Crippen molar-refractivity contribution in [3.63, 3.8) is 0 Å². The summed E-state index contributed by atoms with van der Waals surface area (Å²) in [6.07, 6.45) is 8.19. The lowest BCUT2D eigenvalue weighted by molar-refractivity contribution is 0.0963. The van der Waals surface area contributed by atoms with E-state index >= 15 is 0 Å². The zero-order valence-electron chi connectivity index (χ0n) is 11.7. The lowest BCUT2D eigenvalue weighted by Gasteiger charge is -2.16. The summed E-state index contributed by atoms with van der Waals surface area (Å²) in [5.41, 5.74) is 1.76. The molecule has 104 valence electrons. The summed E-state index contributed by atoms with van der Waals surface area (Å²) in [5.74, 6) is 0.754. The molecular weight excluding hydrogens is 236 g/mol. The van der Waals surface area contributed by atoms with Crippen LogP contribution in [0.15, 0.2) is 24.3 Å². The second-order valence-electron chi connectivity index (χ2n) is 5.40. The van der Waals surface area contributed by atoms with E-state index in [-0.39, 0.29) is 5.91 Å². The van der Waals surface area contributed by atoms with Gasteiger partial charge in [-0.1, -0.05) is 31.7 Å². The first kappa shape index (κ1) is 13.9. The number of amides is 1. The molecule has 2 rings (SSSR count). The Balaban J connectivity index is 1.89. The molecule has 3 heteroatoms. The highest BCUT2D eigenvalue weighted by atomic mass is 16.1. The summed E-state index contributed by atoms with van der Waals surface area (Å²) in [6.45, 7) is 1.02. The lowest BCUT2D eigenvalue weighted by atomic mass is 10.0. The molecule has 0 bridgehead atoms. The Morgan fingerprint density at radius 1 is 1.21 bits per heavy atom. The lowest BCUT2D eigenvalue weighted by Crippen LogP contribution is -2.18. The Hall–Kier alpha value is -1.51. The van der Waals surface area contributed by atoms with Gasteiger partial charge in [-0.2, -0.15) is 0 Å². The maximum atomic E-state index is 11.6. The van der Waals surface area contributed by atoms with Crippen molar-refractivity contribution in [2.24, 2.45) is 5.92 Å². The van der Waals surface area contributed by atoms with Crippen LogP contribution in [-0.4, -0.2) is 19.5 Å². The number of hydrogen-bond donors (Lipinski definition) is 2. The molecule has 0 atom stereocenters. The molecule has 3 nitrogen and oxygen atoms in total. The van der Waals surface area contributed by atoms with Gasteiger partial charge in [0.1, 0.15) is 0 Å². The van der Waals surface area contributed by atoms with Crippen molar-refractivity contribution >= 4 is 11.6 Å². The minimum absolute atomic E-state index is 0.0295. The van der Waals surface area contributed by atoms with Crippen LogP contribution in [0.2, 0.25) is 0 Å². The second kappa shape index (κ2) is 7.17. The second-order valence-corrected chi connectivity index (χ2v) is 5.40. The zero-order chi connectivity index (χ0) is 13.5. The predicted molar refractivity (Wildman–Crippen MR) is 79.5 cm³/mol. The maximum absolute atomic E-state index is 11.6. The highest BCUT2D eigenvalue weighted by Gasteiger charge is 2.12. The number of rotatable bonds is 4. The van der Waals surface area contributed by atoms with E-state index in [2.05, 4.69) is 10.6 Å². The van der Waals surface area contributed by atoms with Gasteiger partial charge in [0.05, 0.1) is 0 Å². The van der Waals surface area contributed by atoms with Crippen LogP contribution in [0.25, 0.3) is 0 Å². The number of carbonyl (C=O) groups is 1. The SMILES string of the molecule is CNC(=O)c1cccc(NCC2CCCCCC2)c1. The molecule has 1 saturated carbocycles. The first-order valence-electron chi connectivity index (χ1n) is 7.35. The van der Waals surface area contributed by atoms with Gasteiger partial charge in [-0.25, -0.2) is 0 Å². The average molecular weight is 260 g/mol. The zero-order valence-corrected chi connectivity index (χ0v) is 11.7. The Morgan fingerprint density at radius 2 is 1.95 bits per heavy atom. The van der Waals surface area contributed by atoms with E-state index in [9.17, 15) is 4.79 Å². The summed E-state index contributed by atoms with van der Waals surface area (Å²) < 4.78 is 0. The summed E-state index contributed by atoms with van der Waals surface area (Å²) in [4.78, 5) is 11.6. The quantitative estimate of drug-likeness (QED) is 0.814. The fraction of sp³-hybridized carbons (Fsp3) is 0.562. The molecule has 1 aliphatic rings. The summed E-state index contributed by atoms with van der Waals surface area (Å²) in [6, 6.07) is 7.73. The fourth-order valence-electron chi connectivity index (χ4n) is 2.74. The van der Waals surface area contributed by atoms with Crippen LogP contribution in [0, 0.1) is 5.92 Å². The van der Waals surface area contributed by atoms with Crippen LogP contribution in [0.5, 0.6) is 0 Å². The van der Waals surface area contributed by atoms with Gasteiger partial charge in [-0.3, -0.25) is 4.79 Å². The summed E-state index contributed by atoms with van der Waals surface area (Å²) in [5, 5.41) is 6.14. The number of carbonyl (C=O) groups excluding carboxylic acids is 1. The van der Waals surface area contributed by atoms with Crippen LogP contribution < -0.4 is 10.6 Å². The van der Waals surface area contributed by atoms with Gasteiger partial charge in [0.2, 0.25) is 0 Å². The van der Waals surface area contributed by atoms with E-state index in [0.29, 0.717) is 5.56 Å². The fourth-order valence-corrected chi connectivity index (χ4v) is 2.74. The van der Waals surface area contributed by atoms with Gasteiger partial charge in [-0.05, 0) is 37.0 Å². The molecule has 1 aromatic carbocycles. The van der Waals surface area contributed by atoms with E-state index < -0.39 is 0 Å². The van der Waals surface area contributed by atoms with E-state index in [1.807, 2.05) is 24.3 Å². The first-order valence-corrected chi connectivity index (χ1v) is 7.35. The topological polar surface area (TPSA) is 41.1 Å². The van der Waals surface area contributed by atoms with Crippen molar-refractivity contribution < 1.29 is 4.79 Å². The molecule has 1 fully saturated rings. The normalized spacial score (nSPS) is 16.7. The van der Waals surface area contributed by atoms with Crippen molar-refractivity contribution in [1.29, 1.82) is 0 Å². The summed E-state index contributed by atoms with van der Waals surface area (Å²) in [7, 11) is 1.66. The van der Waals surface area contributed by atoms with E-state index in [4.69, 9.17) is 0 Å². The highest BCUT2D eigenvalue weighted by molar-refractivity contribution is 5.94. The Kier molecular flexibility index (Phi) is 5.25. The third-order valence-electron chi connectivity index (χ3n) is 3.92. The highest BCUT2D eigenvalue weighted by Crippen LogP contribution is 2.23. The van der Waals surface area contributed by atoms with Gasteiger partial charge in [-0.15, -0.1) is 0 Å². The van der Waals surface area contributed by atoms with Crippen LogP contribution >= 0.6 is 0 Å². The van der Waals surface area contributed by atoms with Gasteiger partial charge < -0.3 is 10.6 Å². The molecule has 19 heavy (non-hydrogen) atoms. The molecule has 1 amide bonds. The van der Waals surface area contributed by atoms with Crippen LogP contribution in [-0.2, 0) is 0 Å². The third kappa shape index (κ3) is 4.27. The molecule has 0 aliphatic heterocycles. The number of nitrogens with one attached hydrogen (secondary N) is 2. The Morgan fingerprint density at radius 3 is 2.63 bits per heavy atom. The molecule has 0 saturated heterocycles. The van der Waals surface area contributed by atoms with Crippen molar-refractivity contribution in [2.75, 3.05) is 18.9 Å². The minimum atomic E-state index is -0.0295. The Bertz CT molecular complexity index is 409. The van der Waals surface area contributed by atoms with Crippen molar-refractivity contribution in [3.05, 3.63) is 29.8 Å². The molecule has 2 N–H and O–H groups in total. The van der Waals surface area contributed by atoms with Gasteiger partial charge >= 0.3 is 0 Å². The van der Waals surface area contributed by atoms with Crippen LogP contribution in [0.3, 0.4) is 0 Å². The summed E-state index contributed by atoms with van der Waals surface area (Å²) >= 11 is 0. The Labute approximate surface area is 115 Å². The molecule has 1 aliphatic carbocycles. The molecule has 0 unspecified atom stereocenters. The van der Waals surface area contributed by atoms with Gasteiger partial charge in [0, 0.05) is 24.8 Å². The first-order chi connectivity index (χ1) is 9.29. The van der Waals surface area contributed by atoms with Crippen molar-refractivity contribution in [2.45, 2.75) is 38.5 Å². The average Bonchev–Trinajstić information content (AvgIpc) is 2.73. The van der Waals surface area contributed by atoms with E-state index in [0.717, 1.165) is 18.2 Å². The molecule has 0 heterocycles. The monoisotopic (exact) mass is 260 g/mol.